The lowest BCUT2D eigenvalue weighted by molar-refractivity contribution is 0.0567. The molecule has 3 N–H and O–H groups in total. The van der Waals surface area contributed by atoms with Gasteiger partial charge < -0.3 is 15.6 Å². The van der Waals surface area contributed by atoms with E-state index in [0.717, 1.165) is 5.56 Å². The minimum Gasteiger partial charge on any atom is -0.492 e. The number of nitrogens with zero attached hydrogens (tertiary/aromatic N) is 5. The number of hydrogen-bond acceptors (Lipinski definition) is 9. The van der Waals surface area contributed by atoms with Crippen LogP contribution in [0.5, 0.6) is 5.75 Å². The van der Waals surface area contributed by atoms with Crippen LogP contribution in [0.3, 0.4) is 0 Å². The number of aliphatic hydroxyl groups is 1. The van der Waals surface area contributed by atoms with Crippen molar-refractivity contribution in [3.05, 3.63) is 53.3 Å². The molecule has 0 aliphatic carbocycles. The summed E-state index contributed by atoms with van der Waals surface area (Å²) in [4.78, 5) is 10.1. The Morgan fingerprint density at radius 1 is 1.25 bits per heavy atom. The number of aryl methyl sites for hydroxylation is 1. The van der Waals surface area contributed by atoms with E-state index in [1.54, 1.807) is 25.1 Å². The first-order valence-electron chi connectivity index (χ1n) is 11.4. The van der Waals surface area contributed by atoms with Crippen LogP contribution < -0.4 is 10.5 Å². The Kier molecular flexibility index (Phi) is 7.81. The highest BCUT2D eigenvalue weighted by Gasteiger charge is 2.30. The number of alkyl halides is 2. The third-order valence-electron chi connectivity index (χ3n) is 5.97. The largest absolute Gasteiger partial charge is 0.492 e. The van der Waals surface area contributed by atoms with E-state index in [-0.39, 0.29) is 42.8 Å². The number of aromatic nitrogens is 4. The Labute approximate surface area is 207 Å². The number of benzene rings is 1. The van der Waals surface area contributed by atoms with Crippen molar-refractivity contribution in [2.45, 2.75) is 25.9 Å². The van der Waals surface area contributed by atoms with Gasteiger partial charge in [-0.2, -0.15) is 13.9 Å². The van der Waals surface area contributed by atoms with Crippen molar-refractivity contribution >= 4 is 15.8 Å². The van der Waals surface area contributed by atoms with Crippen LogP contribution in [0.1, 0.15) is 23.4 Å². The number of sulfone groups is 1. The molecule has 3 heterocycles. The summed E-state index contributed by atoms with van der Waals surface area (Å²) >= 11 is 0. The maximum Gasteiger partial charge on any atom is 0.333 e. The first-order valence-corrected chi connectivity index (χ1v) is 13.2. The fourth-order valence-corrected chi connectivity index (χ4v) is 5.82. The fraction of sp³-hybridized carbons (Fsp3) is 0.435. The molecule has 0 radical (unpaired) electrons. The van der Waals surface area contributed by atoms with E-state index in [1.807, 2.05) is 17.0 Å². The average Bonchev–Trinajstić information content (AvgIpc) is 3.24. The molecule has 1 aromatic carbocycles. The molecule has 3 aromatic rings. The molecule has 10 nitrogen and oxygen atoms in total. The van der Waals surface area contributed by atoms with Crippen LogP contribution in [0, 0.1) is 6.92 Å². The van der Waals surface area contributed by atoms with Gasteiger partial charge in [-0.1, -0.05) is 18.2 Å². The van der Waals surface area contributed by atoms with Crippen LogP contribution in [-0.2, 0) is 16.3 Å². The van der Waals surface area contributed by atoms with Gasteiger partial charge in [0, 0.05) is 43.0 Å². The Bertz CT molecular complexity index is 1300. The van der Waals surface area contributed by atoms with Crippen molar-refractivity contribution in [1.29, 1.82) is 0 Å². The van der Waals surface area contributed by atoms with Gasteiger partial charge in [-0.05, 0) is 24.6 Å². The van der Waals surface area contributed by atoms with Gasteiger partial charge in [0.1, 0.15) is 18.1 Å². The van der Waals surface area contributed by atoms with Crippen molar-refractivity contribution < 1.29 is 27.0 Å². The van der Waals surface area contributed by atoms with Crippen molar-refractivity contribution in [2.24, 2.45) is 0 Å². The zero-order valence-corrected chi connectivity index (χ0v) is 20.5. The van der Waals surface area contributed by atoms with E-state index < -0.39 is 22.4 Å². The molecular formula is C23H28F2N6O4S. The molecule has 4 rings (SSSR count). The second-order valence-electron chi connectivity index (χ2n) is 8.63. The van der Waals surface area contributed by atoms with E-state index in [4.69, 9.17) is 10.5 Å². The summed E-state index contributed by atoms with van der Waals surface area (Å²) in [5.74, 6) is 0.559. The number of rotatable bonds is 9. The van der Waals surface area contributed by atoms with Crippen molar-refractivity contribution in [3.63, 3.8) is 0 Å². The van der Waals surface area contributed by atoms with Crippen LogP contribution >= 0.6 is 0 Å². The van der Waals surface area contributed by atoms with Gasteiger partial charge in [0.15, 0.2) is 9.84 Å². The normalized spacial score (nSPS) is 18.0. The quantitative estimate of drug-likeness (QED) is 0.430. The maximum atomic E-state index is 13.5. The van der Waals surface area contributed by atoms with E-state index in [0.29, 0.717) is 40.5 Å². The standard InChI is InChI=1S/C23H28F2N6O4S/c1-15-10-19(28-23(26)27-15)21-17(12-31(29-21)22(24)25)11-16-4-2-3-5-20(16)35-8-6-30-7-9-36(33,34)14-18(30)13-32/h2-5,10,12,18,22,32H,6-9,11,13-14H2,1H3,(H2,26,27,28). The maximum absolute atomic E-state index is 13.5. The molecular weight excluding hydrogens is 494 g/mol. The van der Waals surface area contributed by atoms with Gasteiger partial charge in [-0.25, -0.2) is 23.1 Å². The summed E-state index contributed by atoms with van der Waals surface area (Å²) in [5.41, 5.74) is 8.26. The second-order valence-corrected chi connectivity index (χ2v) is 10.9. The Hall–Kier alpha value is -3.16. The van der Waals surface area contributed by atoms with Gasteiger partial charge in [0.25, 0.3) is 0 Å². The first kappa shape index (κ1) is 25.9. The van der Waals surface area contributed by atoms with Gasteiger partial charge in [0.2, 0.25) is 5.95 Å². The molecule has 0 bridgehead atoms. The van der Waals surface area contributed by atoms with E-state index in [1.165, 1.54) is 6.20 Å². The van der Waals surface area contributed by atoms with Crippen LogP contribution in [0.4, 0.5) is 14.7 Å². The number of halogens is 2. The Morgan fingerprint density at radius 3 is 2.75 bits per heavy atom. The molecule has 0 spiro atoms. The number of hydrogen-bond donors (Lipinski definition) is 2. The van der Waals surface area contributed by atoms with Crippen molar-refractivity contribution in [1.82, 2.24) is 24.6 Å². The predicted molar refractivity (Wildman–Crippen MR) is 129 cm³/mol. The number of para-hydroxylation sites is 1. The first-order chi connectivity index (χ1) is 17.1. The van der Waals surface area contributed by atoms with Crippen LogP contribution in [0.25, 0.3) is 11.4 Å². The van der Waals surface area contributed by atoms with Crippen LogP contribution in [0.2, 0.25) is 0 Å². The van der Waals surface area contributed by atoms with Crippen LogP contribution in [-0.4, -0.2) is 82.0 Å². The monoisotopic (exact) mass is 522 g/mol. The molecule has 0 amide bonds. The minimum atomic E-state index is -3.15. The van der Waals surface area contributed by atoms with Gasteiger partial charge in [-0.3, -0.25) is 4.90 Å². The molecule has 13 heteroatoms. The molecule has 1 aliphatic rings. The number of aliphatic hydroxyl groups excluding tert-OH is 1. The summed E-state index contributed by atoms with van der Waals surface area (Å²) in [6.07, 6.45) is 1.53. The third kappa shape index (κ3) is 6.15. The zero-order chi connectivity index (χ0) is 25.9. The van der Waals surface area contributed by atoms with Crippen molar-refractivity contribution in [2.75, 3.05) is 43.5 Å². The highest BCUT2D eigenvalue weighted by molar-refractivity contribution is 7.91. The number of nitrogen functional groups attached to an aromatic ring is 1. The highest BCUT2D eigenvalue weighted by Crippen LogP contribution is 2.29. The summed E-state index contributed by atoms with van der Waals surface area (Å²) in [6, 6.07) is 8.42. The third-order valence-corrected chi connectivity index (χ3v) is 7.67. The highest BCUT2D eigenvalue weighted by atomic mass is 32.2. The van der Waals surface area contributed by atoms with E-state index in [9.17, 15) is 22.3 Å². The molecule has 1 saturated heterocycles. The topological polar surface area (TPSA) is 136 Å². The zero-order valence-electron chi connectivity index (χ0n) is 19.7. The predicted octanol–water partition coefficient (Wildman–Crippen LogP) is 1.69. The summed E-state index contributed by atoms with van der Waals surface area (Å²) < 4.78 is 57.2. The number of ether oxygens (including phenoxy) is 1. The molecule has 36 heavy (non-hydrogen) atoms. The van der Waals surface area contributed by atoms with E-state index >= 15 is 0 Å². The van der Waals surface area contributed by atoms with Gasteiger partial charge >= 0.3 is 6.55 Å². The molecule has 1 unspecified atom stereocenters. The smallest absolute Gasteiger partial charge is 0.333 e. The molecule has 1 aliphatic heterocycles. The lowest BCUT2D eigenvalue weighted by atomic mass is 10.0. The summed E-state index contributed by atoms with van der Waals surface area (Å²) in [6.45, 7) is -0.317. The van der Waals surface area contributed by atoms with Gasteiger partial charge in [0.05, 0.1) is 23.8 Å². The van der Waals surface area contributed by atoms with E-state index in [2.05, 4.69) is 15.1 Å². The molecule has 194 valence electrons. The molecule has 2 aromatic heterocycles. The van der Waals surface area contributed by atoms with Crippen LogP contribution in [0.15, 0.2) is 36.5 Å². The summed E-state index contributed by atoms with van der Waals surface area (Å²) in [5, 5.41) is 13.6. The second kappa shape index (κ2) is 10.8. The average molecular weight is 523 g/mol. The van der Waals surface area contributed by atoms with Gasteiger partial charge in [-0.15, -0.1) is 0 Å². The lowest BCUT2D eigenvalue weighted by Gasteiger charge is -2.34. The lowest BCUT2D eigenvalue weighted by Crippen LogP contribution is -2.51. The Balaban J connectivity index is 1.52. The molecule has 1 atom stereocenters. The number of nitrogens with two attached hydrogens (primary N) is 1. The fourth-order valence-electron chi connectivity index (χ4n) is 4.24. The Morgan fingerprint density at radius 2 is 2.03 bits per heavy atom. The van der Waals surface area contributed by atoms with Crippen molar-refractivity contribution in [3.8, 4) is 17.1 Å². The number of anilines is 1. The molecule has 1 fully saturated rings. The minimum absolute atomic E-state index is 0.0259. The summed E-state index contributed by atoms with van der Waals surface area (Å²) in [7, 11) is -3.15. The molecule has 0 saturated carbocycles. The SMILES string of the molecule is Cc1cc(-c2nn(C(F)F)cc2Cc2ccccc2OCCN2CCS(=O)(=O)CC2CO)nc(N)n1.